The van der Waals surface area contributed by atoms with E-state index in [9.17, 15) is 18.0 Å². The Morgan fingerprint density at radius 3 is 2.65 bits per heavy atom. The first-order valence-electron chi connectivity index (χ1n) is 7.98. The van der Waals surface area contributed by atoms with Gasteiger partial charge in [0, 0.05) is 0 Å². The minimum absolute atomic E-state index is 0.0233. The number of fused-ring (bicyclic) bond motifs is 1. The number of quaternary nitrogens is 1. The number of hydrogen-bond donors (Lipinski definition) is 2. The molecule has 0 fully saturated rings. The molecule has 0 saturated carbocycles. The molecule has 1 aromatic heterocycles. The number of amides is 1. The third-order valence-electron chi connectivity index (χ3n) is 4.17. The number of nitrogens with one attached hydrogen (secondary N) is 2. The van der Waals surface area contributed by atoms with Crippen LogP contribution in [-0.2, 0) is 4.79 Å². The Morgan fingerprint density at radius 1 is 1.19 bits per heavy atom. The van der Waals surface area contributed by atoms with Crippen molar-refractivity contribution in [3.63, 3.8) is 0 Å². The summed E-state index contributed by atoms with van der Waals surface area (Å²) in [6, 6.07) is 9.47. The molecule has 136 valence electrons. The summed E-state index contributed by atoms with van der Waals surface area (Å²) in [5, 5.41) is 3.17. The van der Waals surface area contributed by atoms with E-state index in [-0.39, 0.29) is 18.3 Å². The molecule has 3 aromatic rings. The average molecular weight is 380 g/mol. The van der Waals surface area contributed by atoms with E-state index in [0.717, 1.165) is 32.3 Å². The fourth-order valence-electron chi connectivity index (χ4n) is 2.51. The van der Waals surface area contributed by atoms with Crippen LogP contribution in [0.2, 0.25) is 0 Å². The van der Waals surface area contributed by atoms with Gasteiger partial charge >= 0.3 is 0 Å². The van der Waals surface area contributed by atoms with Gasteiger partial charge in [0.25, 0.3) is 5.91 Å². The molecule has 8 heteroatoms. The molecule has 0 saturated heterocycles. The molecule has 26 heavy (non-hydrogen) atoms. The standard InChI is InChI=1S/C18H16F3N3OS/c1-10(18-23-12-5-3-4-6-14(12)26-18)24(2)9-15(25)22-13-8-7-11(19)16(20)17(13)21/h3-8,10H,9H2,1-2H3,(H,22,25)/p+1/t10-/m0/s1. The van der Waals surface area contributed by atoms with Crippen LogP contribution in [0.5, 0.6) is 0 Å². The largest absolute Gasteiger partial charge is 0.322 e. The summed E-state index contributed by atoms with van der Waals surface area (Å²) in [5.74, 6) is -4.81. The molecule has 0 aliphatic carbocycles. The van der Waals surface area contributed by atoms with Crippen LogP contribution in [0, 0.1) is 17.5 Å². The second-order valence-corrected chi connectivity index (χ2v) is 7.10. The van der Waals surface area contributed by atoms with Crippen molar-refractivity contribution >= 4 is 33.1 Å². The van der Waals surface area contributed by atoms with Gasteiger partial charge in [-0.15, -0.1) is 11.3 Å². The van der Waals surface area contributed by atoms with E-state index >= 15 is 0 Å². The Labute approximate surface area is 152 Å². The number of rotatable bonds is 5. The number of likely N-dealkylation sites (N-methyl/N-ethyl adjacent to an activating group) is 1. The zero-order valence-corrected chi connectivity index (χ0v) is 15.0. The lowest BCUT2D eigenvalue weighted by Crippen LogP contribution is -3.10. The lowest BCUT2D eigenvalue weighted by molar-refractivity contribution is -0.902. The lowest BCUT2D eigenvalue weighted by Gasteiger charge is -2.19. The van der Waals surface area contributed by atoms with E-state index in [0.29, 0.717) is 0 Å². The minimum atomic E-state index is -1.61. The molecule has 1 unspecified atom stereocenters. The second-order valence-electron chi connectivity index (χ2n) is 6.04. The molecule has 2 N–H and O–H groups in total. The molecular formula is C18H17F3N3OS+. The number of hydrogen-bond acceptors (Lipinski definition) is 3. The highest BCUT2D eigenvalue weighted by molar-refractivity contribution is 7.18. The van der Waals surface area contributed by atoms with Crippen LogP contribution in [0.15, 0.2) is 36.4 Å². The van der Waals surface area contributed by atoms with E-state index in [1.807, 2.05) is 38.2 Å². The SMILES string of the molecule is C[C@@H](c1nc2ccccc2s1)[NH+](C)CC(=O)Nc1ccc(F)c(F)c1F. The summed E-state index contributed by atoms with van der Waals surface area (Å²) in [6.45, 7) is 1.97. The van der Waals surface area contributed by atoms with E-state index < -0.39 is 23.4 Å². The fourth-order valence-corrected chi connectivity index (χ4v) is 3.62. The van der Waals surface area contributed by atoms with E-state index in [1.54, 1.807) is 11.3 Å². The highest BCUT2D eigenvalue weighted by Crippen LogP contribution is 2.24. The zero-order valence-electron chi connectivity index (χ0n) is 14.1. The minimum Gasteiger partial charge on any atom is -0.322 e. The number of nitrogens with zero attached hydrogens (tertiary/aromatic N) is 1. The average Bonchev–Trinajstić information content (AvgIpc) is 3.05. The van der Waals surface area contributed by atoms with Crippen LogP contribution in [0.25, 0.3) is 10.2 Å². The number of carbonyl (C=O) groups excluding carboxylic acids is 1. The van der Waals surface area contributed by atoms with Crippen LogP contribution in [0.3, 0.4) is 0 Å². The fraction of sp³-hybridized carbons (Fsp3) is 0.222. The third kappa shape index (κ3) is 3.71. The Bertz CT molecular complexity index is 927. The van der Waals surface area contributed by atoms with E-state index in [2.05, 4.69) is 10.3 Å². The first-order valence-corrected chi connectivity index (χ1v) is 8.79. The van der Waals surface area contributed by atoms with Crippen molar-refractivity contribution in [2.75, 3.05) is 18.9 Å². The summed E-state index contributed by atoms with van der Waals surface area (Å²) in [5.41, 5.74) is 0.523. The number of benzene rings is 2. The predicted octanol–water partition coefficient (Wildman–Crippen LogP) is 2.93. The van der Waals surface area contributed by atoms with Gasteiger partial charge in [-0.2, -0.15) is 0 Å². The van der Waals surface area contributed by atoms with Gasteiger partial charge in [0.2, 0.25) is 0 Å². The highest BCUT2D eigenvalue weighted by Gasteiger charge is 2.23. The third-order valence-corrected chi connectivity index (χ3v) is 5.39. The predicted molar refractivity (Wildman–Crippen MR) is 94.7 cm³/mol. The van der Waals surface area contributed by atoms with Gasteiger partial charge in [0.1, 0.15) is 6.04 Å². The monoisotopic (exact) mass is 380 g/mol. The Morgan fingerprint density at radius 2 is 1.92 bits per heavy atom. The normalized spacial score (nSPS) is 13.6. The smallest absolute Gasteiger partial charge is 0.279 e. The van der Waals surface area contributed by atoms with Gasteiger partial charge in [-0.3, -0.25) is 4.79 Å². The van der Waals surface area contributed by atoms with Crippen LogP contribution in [0.1, 0.15) is 18.0 Å². The molecule has 0 spiro atoms. The highest BCUT2D eigenvalue weighted by atomic mass is 32.1. The van der Waals surface area contributed by atoms with Crippen molar-refractivity contribution in [3.05, 3.63) is 58.9 Å². The molecule has 1 amide bonds. The van der Waals surface area contributed by atoms with Crippen LogP contribution in [0.4, 0.5) is 18.9 Å². The van der Waals surface area contributed by atoms with Gasteiger partial charge in [-0.05, 0) is 31.2 Å². The molecule has 0 aliphatic heterocycles. The Hall–Kier alpha value is -2.45. The molecule has 2 atom stereocenters. The molecule has 0 aliphatic rings. The van der Waals surface area contributed by atoms with Crippen LogP contribution in [-0.4, -0.2) is 24.5 Å². The van der Waals surface area contributed by atoms with E-state index in [4.69, 9.17) is 0 Å². The van der Waals surface area contributed by atoms with Crippen molar-refractivity contribution in [1.82, 2.24) is 4.98 Å². The molecule has 4 nitrogen and oxygen atoms in total. The first kappa shape index (κ1) is 18.3. The number of anilines is 1. The number of carbonyl (C=O) groups is 1. The Balaban J connectivity index is 1.68. The summed E-state index contributed by atoms with van der Waals surface area (Å²) in [6.07, 6.45) is 0. The van der Waals surface area contributed by atoms with Crippen LogP contribution >= 0.6 is 11.3 Å². The summed E-state index contributed by atoms with van der Waals surface area (Å²) >= 11 is 1.56. The van der Waals surface area contributed by atoms with Crippen molar-refractivity contribution in [2.24, 2.45) is 0 Å². The summed E-state index contributed by atoms with van der Waals surface area (Å²) < 4.78 is 40.9. The molecule has 3 rings (SSSR count). The Kier molecular flexibility index (Phi) is 5.24. The molecule has 0 bridgehead atoms. The van der Waals surface area contributed by atoms with Gasteiger partial charge < -0.3 is 10.2 Å². The summed E-state index contributed by atoms with van der Waals surface area (Å²) in [7, 11) is 1.82. The quantitative estimate of drug-likeness (QED) is 0.669. The van der Waals surface area contributed by atoms with Crippen molar-refractivity contribution in [1.29, 1.82) is 0 Å². The topological polar surface area (TPSA) is 46.4 Å². The van der Waals surface area contributed by atoms with Crippen molar-refractivity contribution < 1.29 is 22.9 Å². The molecule has 2 aromatic carbocycles. The van der Waals surface area contributed by atoms with Gasteiger partial charge in [-0.1, -0.05) is 12.1 Å². The number of halogens is 3. The maximum Gasteiger partial charge on any atom is 0.279 e. The molecule has 1 heterocycles. The molecular weight excluding hydrogens is 363 g/mol. The summed E-state index contributed by atoms with van der Waals surface area (Å²) in [4.78, 5) is 17.6. The second kappa shape index (κ2) is 7.43. The van der Waals surface area contributed by atoms with Gasteiger partial charge in [0.15, 0.2) is 29.0 Å². The zero-order chi connectivity index (χ0) is 18.8. The van der Waals surface area contributed by atoms with Crippen LogP contribution < -0.4 is 10.2 Å². The maximum atomic E-state index is 13.7. The number of para-hydroxylation sites is 1. The number of aromatic nitrogens is 1. The number of thiazole rings is 1. The maximum absolute atomic E-state index is 13.7. The van der Waals surface area contributed by atoms with Gasteiger partial charge in [-0.25, -0.2) is 18.2 Å². The first-order chi connectivity index (χ1) is 12.4. The lowest BCUT2D eigenvalue weighted by atomic mass is 10.2. The van der Waals surface area contributed by atoms with Gasteiger partial charge in [0.05, 0.1) is 23.0 Å². The van der Waals surface area contributed by atoms with Crippen molar-refractivity contribution in [3.8, 4) is 0 Å². The van der Waals surface area contributed by atoms with Crippen molar-refractivity contribution in [2.45, 2.75) is 13.0 Å². The molecule has 0 radical (unpaired) electrons. The van der Waals surface area contributed by atoms with E-state index in [1.165, 1.54) is 0 Å².